The lowest BCUT2D eigenvalue weighted by atomic mass is 10.1. The summed E-state index contributed by atoms with van der Waals surface area (Å²) in [5.41, 5.74) is 2.14. The maximum absolute atomic E-state index is 10.6. The third-order valence-electron chi connectivity index (χ3n) is 3.06. The third-order valence-corrected chi connectivity index (χ3v) is 3.06. The average Bonchev–Trinajstić information content (AvgIpc) is 2.50. The molecule has 0 aliphatic rings. The van der Waals surface area contributed by atoms with Crippen molar-refractivity contribution in [3.8, 4) is 5.75 Å². The molecule has 110 valence electrons. The summed E-state index contributed by atoms with van der Waals surface area (Å²) in [5, 5.41) is 13.9. The van der Waals surface area contributed by atoms with E-state index in [2.05, 4.69) is 5.32 Å². The van der Waals surface area contributed by atoms with Crippen LogP contribution in [0.2, 0.25) is 0 Å². The fourth-order valence-electron chi connectivity index (χ4n) is 2.02. The Morgan fingerprint density at radius 1 is 1.14 bits per heavy atom. The highest BCUT2D eigenvalue weighted by Crippen LogP contribution is 2.23. The van der Waals surface area contributed by atoms with Crippen molar-refractivity contribution in [3.05, 3.63) is 64.2 Å². The van der Waals surface area contributed by atoms with E-state index in [-0.39, 0.29) is 10.6 Å². The minimum absolute atomic E-state index is 0.119. The number of nitro groups is 1. The second-order valence-electron chi connectivity index (χ2n) is 4.53. The van der Waals surface area contributed by atoms with Crippen molar-refractivity contribution in [2.75, 3.05) is 18.5 Å². The average molecular weight is 286 g/mol. The summed E-state index contributed by atoms with van der Waals surface area (Å²) in [6.07, 6.45) is 0.790. The lowest BCUT2D eigenvalue weighted by molar-refractivity contribution is -0.384. The summed E-state index contributed by atoms with van der Waals surface area (Å²) in [7, 11) is 0. The lowest BCUT2D eigenvalue weighted by Crippen LogP contribution is -2.06. The molecule has 0 bridgehead atoms. The molecule has 2 aromatic rings. The molecule has 0 saturated carbocycles. The Kier molecular flexibility index (Phi) is 5.15. The van der Waals surface area contributed by atoms with Crippen LogP contribution in [0.15, 0.2) is 48.5 Å². The summed E-state index contributed by atoms with van der Waals surface area (Å²) in [6, 6.07) is 14.4. The molecule has 0 heterocycles. The maximum atomic E-state index is 10.6. The molecule has 2 aromatic carbocycles. The zero-order chi connectivity index (χ0) is 15.1. The number of rotatable bonds is 7. The Morgan fingerprint density at radius 2 is 1.86 bits per heavy atom. The molecule has 0 amide bonds. The van der Waals surface area contributed by atoms with Gasteiger partial charge in [-0.15, -0.1) is 0 Å². The van der Waals surface area contributed by atoms with Gasteiger partial charge in [0.2, 0.25) is 0 Å². The van der Waals surface area contributed by atoms with Crippen LogP contribution in [-0.2, 0) is 6.42 Å². The molecule has 0 saturated heterocycles. The first-order valence-corrected chi connectivity index (χ1v) is 6.89. The summed E-state index contributed by atoms with van der Waals surface area (Å²) in [6.45, 7) is 3.32. The number of hydrogen-bond acceptors (Lipinski definition) is 4. The van der Waals surface area contributed by atoms with Gasteiger partial charge >= 0.3 is 0 Å². The standard InChI is InChI=1S/C16H18N2O3/c1-2-21-16-6-4-3-5-15(16)17-12-11-13-7-9-14(10-8-13)18(19)20/h3-10,17H,2,11-12H2,1H3. The van der Waals surface area contributed by atoms with E-state index in [1.54, 1.807) is 12.1 Å². The molecule has 1 N–H and O–H groups in total. The summed E-state index contributed by atoms with van der Waals surface area (Å²) in [5.74, 6) is 0.837. The van der Waals surface area contributed by atoms with E-state index in [4.69, 9.17) is 4.74 Å². The number of non-ortho nitro benzene ring substituents is 1. The smallest absolute Gasteiger partial charge is 0.269 e. The lowest BCUT2D eigenvalue weighted by Gasteiger charge is -2.12. The molecule has 0 aromatic heterocycles. The van der Waals surface area contributed by atoms with Crippen LogP contribution in [0, 0.1) is 10.1 Å². The molecule has 0 aliphatic heterocycles. The Labute approximate surface area is 123 Å². The Bertz CT molecular complexity index is 597. The predicted molar refractivity (Wildman–Crippen MR) is 82.9 cm³/mol. The highest BCUT2D eigenvalue weighted by molar-refractivity contribution is 5.56. The van der Waals surface area contributed by atoms with Crippen LogP contribution in [-0.4, -0.2) is 18.1 Å². The van der Waals surface area contributed by atoms with Gasteiger partial charge in [0.25, 0.3) is 5.69 Å². The van der Waals surface area contributed by atoms with Crippen LogP contribution in [0.25, 0.3) is 0 Å². The van der Waals surface area contributed by atoms with Crippen molar-refractivity contribution in [1.29, 1.82) is 0 Å². The molecule has 0 aliphatic carbocycles. The molecule has 2 rings (SSSR count). The van der Waals surface area contributed by atoms with E-state index in [0.29, 0.717) is 6.61 Å². The number of nitro benzene ring substituents is 1. The Balaban J connectivity index is 1.91. The normalized spacial score (nSPS) is 10.1. The number of para-hydroxylation sites is 2. The molecular formula is C16H18N2O3. The van der Waals surface area contributed by atoms with E-state index in [0.717, 1.165) is 30.0 Å². The van der Waals surface area contributed by atoms with E-state index in [1.807, 2.05) is 31.2 Å². The number of anilines is 1. The fourth-order valence-corrected chi connectivity index (χ4v) is 2.02. The zero-order valence-corrected chi connectivity index (χ0v) is 11.9. The molecular weight excluding hydrogens is 268 g/mol. The van der Waals surface area contributed by atoms with Gasteiger partial charge < -0.3 is 10.1 Å². The van der Waals surface area contributed by atoms with Gasteiger partial charge in [-0.2, -0.15) is 0 Å². The number of benzene rings is 2. The van der Waals surface area contributed by atoms with Crippen LogP contribution in [0.4, 0.5) is 11.4 Å². The predicted octanol–water partition coefficient (Wildman–Crippen LogP) is 3.65. The maximum Gasteiger partial charge on any atom is 0.269 e. The number of ether oxygens (including phenoxy) is 1. The van der Waals surface area contributed by atoms with Gasteiger partial charge in [0.1, 0.15) is 5.75 Å². The molecule has 5 heteroatoms. The molecule has 0 radical (unpaired) electrons. The van der Waals surface area contributed by atoms with Crippen molar-refractivity contribution in [3.63, 3.8) is 0 Å². The molecule has 0 atom stereocenters. The van der Waals surface area contributed by atoms with Gasteiger partial charge in [0.15, 0.2) is 0 Å². The SMILES string of the molecule is CCOc1ccccc1NCCc1ccc([N+](=O)[O-])cc1. The van der Waals surface area contributed by atoms with E-state index >= 15 is 0 Å². The van der Waals surface area contributed by atoms with Crippen molar-refractivity contribution in [1.82, 2.24) is 0 Å². The van der Waals surface area contributed by atoms with Gasteiger partial charge in [-0.05, 0) is 31.0 Å². The molecule has 5 nitrogen and oxygen atoms in total. The zero-order valence-electron chi connectivity index (χ0n) is 11.9. The first-order chi connectivity index (χ1) is 10.2. The van der Waals surface area contributed by atoms with Crippen LogP contribution in [0.3, 0.4) is 0 Å². The summed E-state index contributed by atoms with van der Waals surface area (Å²) < 4.78 is 5.54. The minimum Gasteiger partial charge on any atom is -0.492 e. The van der Waals surface area contributed by atoms with Crippen molar-refractivity contribution >= 4 is 11.4 Å². The van der Waals surface area contributed by atoms with Gasteiger partial charge in [-0.1, -0.05) is 24.3 Å². The van der Waals surface area contributed by atoms with E-state index < -0.39 is 0 Å². The van der Waals surface area contributed by atoms with Crippen molar-refractivity contribution in [2.24, 2.45) is 0 Å². The Hall–Kier alpha value is -2.56. The molecule has 0 unspecified atom stereocenters. The van der Waals surface area contributed by atoms with Gasteiger partial charge in [0, 0.05) is 18.7 Å². The first kappa shape index (κ1) is 14.8. The molecule has 0 fully saturated rings. The van der Waals surface area contributed by atoms with Crippen LogP contribution < -0.4 is 10.1 Å². The highest BCUT2D eigenvalue weighted by atomic mass is 16.6. The molecule has 0 spiro atoms. The number of nitrogens with one attached hydrogen (secondary N) is 1. The largest absolute Gasteiger partial charge is 0.492 e. The van der Waals surface area contributed by atoms with Gasteiger partial charge in [0.05, 0.1) is 17.2 Å². The van der Waals surface area contributed by atoms with E-state index in [9.17, 15) is 10.1 Å². The second-order valence-corrected chi connectivity index (χ2v) is 4.53. The number of hydrogen-bond donors (Lipinski definition) is 1. The number of nitrogens with zero attached hydrogens (tertiary/aromatic N) is 1. The Morgan fingerprint density at radius 3 is 2.52 bits per heavy atom. The highest BCUT2D eigenvalue weighted by Gasteiger charge is 2.04. The fraction of sp³-hybridized carbons (Fsp3) is 0.250. The topological polar surface area (TPSA) is 64.4 Å². The third kappa shape index (κ3) is 4.21. The van der Waals surface area contributed by atoms with E-state index in [1.165, 1.54) is 12.1 Å². The van der Waals surface area contributed by atoms with Crippen LogP contribution in [0.5, 0.6) is 5.75 Å². The van der Waals surface area contributed by atoms with Gasteiger partial charge in [-0.25, -0.2) is 0 Å². The first-order valence-electron chi connectivity index (χ1n) is 6.89. The second kappa shape index (κ2) is 7.28. The van der Waals surface area contributed by atoms with Gasteiger partial charge in [-0.3, -0.25) is 10.1 Å². The van der Waals surface area contributed by atoms with Crippen LogP contribution >= 0.6 is 0 Å². The minimum atomic E-state index is -0.389. The summed E-state index contributed by atoms with van der Waals surface area (Å²) in [4.78, 5) is 10.2. The van der Waals surface area contributed by atoms with Crippen LogP contribution in [0.1, 0.15) is 12.5 Å². The summed E-state index contributed by atoms with van der Waals surface area (Å²) >= 11 is 0. The molecule has 21 heavy (non-hydrogen) atoms. The quantitative estimate of drug-likeness (QED) is 0.623. The monoisotopic (exact) mass is 286 g/mol. The van der Waals surface area contributed by atoms with Crippen molar-refractivity contribution < 1.29 is 9.66 Å². The van der Waals surface area contributed by atoms with Crippen molar-refractivity contribution in [2.45, 2.75) is 13.3 Å².